The predicted molar refractivity (Wildman–Crippen MR) is 110 cm³/mol. The van der Waals surface area contributed by atoms with E-state index in [4.69, 9.17) is 10.2 Å². The molecule has 1 aliphatic rings. The van der Waals surface area contributed by atoms with Crippen LogP contribution < -0.4 is 5.56 Å². The van der Waals surface area contributed by atoms with E-state index in [1.165, 1.54) is 18.4 Å². The van der Waals surface area contributed by atoms with Gasteiger partial charge in [-0.2, -0.15) is 5.26 Å². The molecule has 0 bridgehead atoms. The lowest BCUT2D eigenvalue weighted by Crippen LogP contribution is -2.24. The number of unbranched alkanes of at least 4 members (excludes halogenated alkanes) is 1. The van der Waals surface area contributed by atoms with E-state index in [1.807, 2.05) is 22.8 Å². The summed E-state index contributed by atoms with van der Waals surface area (Å²) in [5.74, 6) is 0.796. The summed E-state index contributed by atoms with van der Waals surface area (Å²) >= 11 is 5.03. The summed E-state index contributed by atoms with van der Waals surface area (Å²) in [6.07, 6.45) is 9.40. The Morgan fingerprint density at radius 2 is 2.23 bits per heavy atom. The van der Waals surface area contributed by atoms with Gasteiger partial charge in [-0.1, -0.05) is 39.3 Å². The Bertz CT molecular complexity index is 914. The maximum atomic E-state index is 13.1. The highest BCUT2D eigenvalue weighted by atomic mass is 79.9. The third kappa shape index (κ3) is 4.77. The van der Waals surface area contributed by atoms with E-state index in [0.29, 0.717) is 18.4 Å². The monoisotopic (exact) mass is 431 g/mol. The van der Waals surface area contributed by atoms with Gasteiger partial charge in [-0.25, -0.2) is 4.98 Å². The molecule has 1 aliphatic carbocycles. The standard InChI is InChI=1S/C20H22BrN3OS/c21-16-8-9-18-17(14-16)19(25)24(12-10-15-6-2-1-3-7-15)20(23-18)26-13-5-4-11-22/h6,8-9,14H,1-5,7,10,12-13H2. The zero-order valence-corrected chi connectivity index (χ0v) is 17.1. The van der Waals surface area contributed by atoms with Gasteiger partial charge >= 0.3 is 0 Å². The highest BCUT2D eigenvalue weighted by molar-refractivity contribution is 9.10. The van der Waals surface area contributed by atoms with Crippen molar-refractivity contribution in [1.82, 2.24) is 9.55 Å². The SMILES string of the molecule is N#CCCCSc1nc2ccc(Br)cc2c(=O)n1CCC1=CCCCC1. The van der Waals surface area contributed by atoms with Gasteiger partial charge in [0, 0.05) is 23.2 Å². The quantitative estimate of drug-likeness (QED) is 0.253. The van der Waals surface area contributed by atoms with Crippen LogP contribution in [0.15, 0.2) is 44.3 Å². The van der Waals surface area contributed by atoms with E-state index in [1.54, 1.807) is 11.8 Å². The van der Waals surface area contributed by atoms with Crippen molar-refractivity contribution in [2.45, 2.75) is 56.6 Å². The average Bonchev–Trinajstić information content (AvgIpc) is 2.66. The molecule has 4 nitrogen and oxygen atoms in total. The van der Waals surface area contributed by atoms with Gasteiger partial charge in [0.15, 0.2) is 5.16 Å². The molecule has 0 N–H and O–H groups in total. The van der Waals surface area contributed by atoms with Crippen LogP contribution in [0.1, 0.15) is 44.9 Å². The topological polar surface area (TPSA) is 58.7 Å². The summed E-state index contributed by atoms with van der Waals surface area (Å²) < 4.78 is 2.71. The number of hydrogen-bond donors (Lipinski definition) is 0. The van der Waals surface area contributed by atoms with Crippen LogP contribution in [0, 0.1) is 11.3 Å². The summed E-state index contributed by atoms with van der Waals surface area (Å²) in [5, 5.41) is 10.1. The van der Waals surface area contributed by atoms with E-state index in [2.05, 4.69) is 28.1 Å². The van der Waals surface area contributed by atoms with Gasteiger partial charge in [-0.15, -0.1) is 0 Å². The van der Waals surface area contributed by atoms with Gasteiger partial charge in [0.25, 0.3) is 5.56 Å². The first-order valence-electron chi connectivity index (χ1n) is 9.07. The van der Waals surface area contributed by atoms with Crippen molar-refractivity contribution >= 4 is 38.6 Å². The van der Waals surface area contributed by atoms with Crippen molar-refractivity contribution < 1.29 is 0 Å². The third-order valence-corrected chi connectivity index (χ3v) is 6.14. The second-order valence-corrected chi connectivity index (χ2v) is 8.46. The number of nitriles is 1. The number of hydrogen-bond acceptors (Lipinski definition) is 4. The molecule has 0 amide bonds. The van der Waals surface area contributed by atoms with Gasteiger partial charge in [0.1, 0.15) is 0 Å². The van der Waals surface area contributed by atoms with Crippen molar-refractivity contribution in [2.24, 2.45) is 0 Å². The van der Waals surface area contributed by atoms with E-state index in [0.717, 1.165) is 46.6 Å². The van der Waals surface area contributed by atoms with Crippen LogP contribution in [-0.2, 0) is 6.54 Å². The number of thioether (sulfide) groups is 1. The fraction of sp³-hybridized carbons (Fsp3) is 0.450. The van der Waals surface area contributed by atoms with E-state index in [9.17, 15) is 4.79 Å². The summed E-state index contributed by atoms with van der Waals surface area (Å²) in [5.41, 5.74) is 2.21. The number of rotatable bonds is 7. The number of halogens is 1. The number of fused-ring (bicyclic) bond motifs is 1. The molecule has 0 saturated heterocycles. The van der Waals surface area contributed by atoms with Crippen molar-refractivity contribution in [1.29, 1.82) is 5.26 Å². The summed E-state index contributed by atoms with van der Waals surface area (Å²) in [7, 11) is 0. The van der Waals surface area contributed by atoms with Crippen molar-refractivity contribution in [2.75, 3.05) is 5.75 Å². The van der Waals surface area contributed by atoms with E-state index >= 15 is 0 Å². The molecule has 3 rings (SSSR count). The predicted octanol–water partition coefficient (Wildman–Crippen LogP) is 5.45. The van der Waals surface area contributed by atoms with E-state index < -0.39 is 0 Å². The molecule has 0 radical (unpaired) electrons. The van der Waals surface area contributed by atoms with Crippen LogP contribution in [0.5, 0.6) is 0 Å². The molecule has 0 saturated carbocycles. The van der Waals surface area contributed by atoms with Crippen LogP contribution in [0.2, 0.25) is 0 Å². The molecule has 0 atom stereocenters. The van der Waals surface area contributed by atoms with Gasteiger partial charge in [-0.05, 0) is 56.7 Å². The highest BCUT2D eigenvalue weighted by Crippen LogP contribution is 2.24. The van der Waals surface area contributed by atoms with Crippen molar-refractivity contribution in [3.05, 3.63) is 44.7 Å². The number of nitrogens with zero attached hydrogens (tertiary/aromatic N) is 3. The van der Waals surface area contributed by atoms with Gasteiger partial charge < -0.3 is 0 Å². The third-order valence-electron chi connectivity index (χ3n) is 4.59. The van der Waals surface area contributed by atoms with Gasteiger partial charge in [0.05, 0.1) is 17.0 Å². The Kier molecular flexibility index (Phi) is 6.93. The Morgan fingerprint density at radius 3 is 3.00 bits per heavy atom. The van der Waals surface area contributed by atoms with Crippen molar-refractivity contribution in [3.8, 4) is 6.07 Å². The minimum atomic E-state index is 0.0236. The van der Waals surface area contributed by atoms with Crippen LogP contribution in [0.25, 0.3) is 10.9 Å². The lowest BCUT2D eigenvalue weighted by atomic mass is 9.97. The molecular formula is C20H22BrN3OS. The van der Waals surface area contributed by atoms with Crippen molar-refractivity contribution in [3.63, 3.8) is 0 Å². The zero-order chi connectivity index (χ0) is 18.4. The normalized spacial score (nSPS) is 14.2. The molecular weight excluding hydrogens is 410 g/mol. The second kappa shape index (κ2) is 9.38. The fourth-order valence-electron chi connectivity index (χ4n) is 3.18. The average molecular weight is 432 g/mol. The lowest BCUT2D eigenvalue weighted by Gasteiger charge is -2.16. The first-order valence-corrected chi connectivity index (χ1v) is 10.8. The molecule has 1 aromatic heterocycles. The maximum absolute atomic E-state index is 13.1. The molecule has 0 unspecified atom stereocenters. The molecule has 1 heterocycles. The Labute approximate surface area is 166 Å². The minimum absolute atomic E-state index is 0.0236. The molecule has 2 aromatic rings. The van der Waals surface area contributed by atoms with Crippen LogP contribution in [-0.4, -0.2) is 15.3 Å². The van der Waals surface area contributed by atoms with Crippen LogP contribution in [0.4, 0.5) is 0 Å². The maximum Gasteiger partial charge on any atom is 0.262 e. The Morgan fingerprint density at radius 1 is 1.35 bits per heavy atom. The van der Waals surface area contributed by atoms with Crippen LogP contribution in [0.3, 0.4) is 0 Å². The summed E-state index contributed by atoms with van der Waals surface area (Å²) in [6, 6.07) is 7.82. The first kappa shape index (κ1) is 19.2. The molecule has 136 valence electrons. The largest absolute Gasteiger partial charge is 0.287 e. The smallest absolute Gasteiger partial charge is 0.262 e. The van der Waals surface area contributed by atoms with E-state index in [-0.39, 0.29) is 5.56 Å². The number of allylic oxidation sites excluding steroid dienone is 2. The van der Waals surface area contributed by atoms with Crippen LogP contribution >= 0.6 is 27.7 Å². The Hall–Kier alpha value is -1.58. The molecule has 0 aliphatic heterocycles. The lowest BCUT2D eigenvalue weighted by molar-refractivity contribution is 0.569. The summed E-state index contributed by atoms with van der Waals surface area (Å²) in [6.45, 7) is 0.667. The molecule has 6 heteroatoms. The first-order chi connectivity index (χ1) is 12.7. The molecule has 1 aromatic carbocycles. The molecule has 0 fully saturated rings. The van der Waals surface area contributed by atoms with Gasteiger partial charge in [-0.3, -0.25) is 9.36 Å². The number of aromatic nitrogens is 2. The Balaban J connectivity index is 1.90. The summed E-state index contributed by atoms with van der Waals surface area (Å²) in [4.78, 5) is 17.8. The molecule has 26 heavy (non-hydrogen) atoms. The highest BCUT2D eigenvalue weighted by Gasteiger charge is 2.13. The zero-order valence-electron chi connectivity index (χ0n) is 14.7. The number of benzene rings is 1. The fourth-order valence-corrected chi connectivity index (χ4v) is 4.51. The second-order valence-electron chi connectivity index (χ2n) is 6.48. The van der Waals surface area contributed by atoms with Gasteiger partial charge in [0.2, 0.25) is 0 Å². The minimum Gasteiger partial charge on any atom is -0.287 e. The molecule has 0 spiro atoms.